The maximum absolute atomic E-state index is 12.9. The normalized spacial score (nSPS) is 22.0. The molecule has 1 saturated heterocycles. The van der Waals surface area contributed by atoms with Gasteiger partial charge >= 0.3 is 0 Å². The van der Waals surface area contributed by atoms with E-state index < -0.39 is 16.1 Å². The Morgan fingerprint density at radius 1 is 1.36 bits per heavy atom. The van der Waals surface area contributed by atoms with E-state index in [0.717, 1.165) is 5.56 Å². The molecule has 1 unspecified atom stereocenters. The molecule has 120 valence electrons. The second-order valence-corrected chi connectivity index (χ2v) is 7.09. The number of morpholine rings is 1. The molecule has 1 aromatic carbocycles. The Bertz CT molecular complexity index is 688. The van der Waals surface area contributed by atoms with Gasteiger partial charge in [-0.15, -0.1) is 0 Å². The van der Waals surface area contributed by atoms with Crippen molar-refractivity contribution in [1.82, 2.24) is 9.62 Å². The summed E-state index contributed by atoms with van der Waals surface area (Å²) in [5.74, 6) is 0.111. The number of sulfonamides is 1. The minimum atomic E-state index is -3.71. The molecule has 0 radical (unpaired) electrons. The van der Waals surface area contributed by atoms with Crippen LogP contribution in [0.3, 0.4) is 0 Å². The van der Waals surface area contributed by atoms with Crippen LogP contribution < -0.4 is 10.1 Å². The highest BCUT2D eigenvalue weighted by Gasteiger charge is 2.36. The van der Waals surface area contributed by atoms with E-state index in [-0.39, 0.29) is 30.5 Å². The number of nitrogens with one attached hydrogen (secondary N) is 1. The van der Waals surface area contributed by atoms with E-state index in [2.05, 4.69) is 5.32 Å². The van der Waals surface area contributed by atoms with Crippen molar-refractivity contribution in [2.24, 2.45) is 0 Å². The Labute approximate surface area is 129 Å². The van der Waals surface area contributed by atoms with Crippen LogP contribution in [-0.4, -0.2) is 58.1 Å². The molecule has 2 aliphatic rings. The molecular formula is C14H18N2O5S. The second kappa shape index (κ2) is 5.86. The number of fused-ring (bicyclic) bond motifs is 1. The Morgan fingerprint density at radius 3 is 2.95 bits per heavy atom. The number of amides is 1. The summed E-state index contributed by atoms with van der Waals surface area (Å²) < 4.78 is 37.8. The number of ether oxygens (including phenoxy) is 2. The van der Waals surface area contributed by atoms with E-state index in [1.54, 1.807) is 12.1 Å². The van der Waals surface area contributed by atoms with Crippen molar-refractivity contribution in [3.8, 4) is 5.75 Å². The van der Waals surface area contributed by atoms with Crippen LogP contribution in [0.4, 0.5) is 0 Å². The molecule has 0 bridgehead atoms. The van der Waals surface area contributed by atoms with E-state index in [1.165, 1.54) is 11.4 Å². The molecule has 3 rings (SSSR count). The number of carbonyl (C=O) groups excluding carboxylic acids is 1. The minimum absolute atomic E-state index is 0.00563. The summed E-state index contributed by atoms with van der Waals surface area (Å²) >= 11 is 0. The zero-order chi connectivity index (χ0) is 15.7. The highest BCUT2D eigenvalue weighted by atomic mass is 32.2. The Balaban J connectivity index is 1.90. The lowest BCUT2D eigenvalue weighted by molar-refractivity contribution is -0.135. The summed E-state index contributed by atoms with van der Waals surface area (Å²) in [6, 6.07) is 5.13. The fourth-order valence-electron chi connectivity index (χ4n) is 2.69. The van der Waals surface area contributed by atoms with Crippen molar-refractivity contribution in [1.29, 1.82) is 0 Å². The van der Waals surface area contributed by atoms with Crippen LogP contribution in [0.15, 0.2) is 23.1 Å². The number of rotatable bonds is 3. The van der Waals surface area contributed by atoms with Gasteiger partial charge in [0.05, 0.1) is 13.2 Å². The lowest BCUT2D eigenvalue weighted by Crippen LogP contribution is -2.50. The average molecular weight is 326 g/mol. The minimum Gasteiger partial charge on any atom is -0.492 e. The van der Waals surface area contributed by atoms with Gasteiger partial charge in [0.15, 0.2) is 0 Å². The van der Waals surface area contributed by atoms with E-state index in [9.17, 15) is 13.2 Å². The third-order valence-electron chi connectivity index (χ3n) is 3.86. The van der Waals surface area contributed by atoms with Crippen molar-refractivity contribution in [2.45, 2.75) is 17.4 Å². The van der Waals surface area contributed by atoms with Gasteiger partial charge in [0.2, 0.25) is 15.9 Å². The van der Waals surface area contributed by atoms with Gasteiger partial charge in [-0.3, -0.25) is 4.79 Å². The molecule has 0 saturated carbocycles. The van der Waals surface area contributed by atoms with Gasteiger partial charge in [-0.1, -0.05) is 12.1 Å². The van der Waals surface area contributed by atoms with Crippen LogP contribution in [0.1, 0.15) is 5.56 Å². The fourth-order valence-corrected chi connectivity index (χ4v) is 4.29. The van der Waals surface area contributed by atoms with Crippen molar-refractivity contribution in [2.75, 3.05) is 33.4 Å². The quantitative estimate of drug-likeness (QED) is 0.828. The molecule has 1 amide bonds. The lowest BCUT2D eigenvalue weighted by Gasteiger charge is -2.31. The van der Waals surface area contributed by atoms with Crippen LogP contribution in [0.2, 0.25) is 0 Å². The number of para-hydroxylation sites is 1. The molecule has 1 N–H and O–H groups in total. The second-order valence-electron chi connectivity index (χ2n) is 5.18. The average Bonchev–Trinajstić information content (AvgIpc) is 3.02. The maximum Gasteiger partial charge on any atom is 0.250 e. The number of hydrogen-bond donors (Lipinski definition) is 1. The predicted octanol–water partition coefficient (Wildman–Crippen LogP) is -0.243. The molecule has 22 heavy (non-hydrogen) atoms. The molecule has 1 fully saturated rings. The van der Waals surface area contributed by atoms with Crippen molar-refractivity contribution in [3.63, 3.8) is 0 Å². The van der Waals surface area contributed by atoms with E-state index in [4.69, 9.17) is 9.47 Å². The van der Waals surface area contributed by atoms with Gasteiger partial charge in [-0.2, -0.15) is 4.31 Å². The van der Waals surface area contributed by atoms with Crippen molar-refractivity contribution in [3.05, 3.63) is 23.8 Å². The van der Waals surface area contributed by atoms with Crippen molar-refractivity contribution < 1.29 is 22.7 Å². The molecule has 0 aliphatic carbocycles. The smallest absolute Gasteiger partial charge is 0.250 e. The molecule has 0 spiro atoms. The Morgan fingerprint density at radius 2 is 2.18 bits per heavy atom. The van der Waals surface area contributed by atoms with Crippen LogP contribution in [0.5, 0.6) is 5.75 Å². The summed E-state index contributed by atoms with van der Waals surface area (Å²) in [5.41, 5.74) is 0.900. The van der Waals surface area contributed by atoms with Crippen LogP contribution >= 0.6 is 0 Å². The summed E-state index contributed by atoms with van der Waals surface area (Å²) in [6.07, 6.45) is -0.0749. The van der Waals surface area contributed by atoms with Gasteiger partial charge < -0.3 is 14.8 Å². The van der Waals surface area contributed by atoms with E-state index >= 15 is 0 Å². The van der Waals surface area contributed by atoms with Gasteiger partial charge in [0.1, 0.15) is 16.7 Å². The number of hydrogen-bond acceptors (Lipinski definition) is 5. The van der Waals surface area contributed by atoms with Gasteiger partial charge in [-0.25, -0.2) is 8.42 Å². The highest BCUT2D eigenvalue weighted by Crippen LogP contribution is 2.34. The molecule has 2 aliphatic heterocycles. The fraction of sp³-hybridized carbons (Fsp3) is 0.500. The lowest BCUT2D eigenvalue weighted by atomic mass is 10.2. The maximum atomic E-state index is 12.9. The molecule has 1 aromatic rings. The Hall–Kier alpha value is -1.64. The molecule has 2 heterocycles. The molecular weight excluding hydrogens is 308 g/mol. The van der Waals surface area contributed by atoms with Crippen LogP contribution in [0.25, 0.3) is 0 Å². The van der Waals surface area contributed by atoms with Gasteiger partial charge in [0.25, 0.3) is 0 Å². The zero-order valence-corrected chi connectivity index (χ0v) is 13.1. The number of nitrogens with zero attached hydrogens (tertiary/aromatic N) is 1. The third kappa shape index (κ3) is 2.57. The summed E-state index contributed by atoms with van der Waals surface area (Å²) in [7, 11) is -2.22. The number of carbonyl (C=O) groups is 1. The first-order valence-corrected chi connectivity index (χ1v) is 8.56. The first-order chi connectivity index (χ1) is 10.5. The summed E-state index contributed by atoms with van der Waals surface area (Å²) in [5, 5.41) is 2.48. The summed E-state index contributed by atoms with van der Waals surface area (Å²) in [4.78, 5) is 11.8. The molecule has 8 heteroatoms. The monoisotopic (exact) mass is 326 g/mol. The molecule has 7 nitrogen and oxygen atoms in total. The Kier molecular flexibility index (Phi) is 4.07. The van der Waals surface area contributed by atoms with Gasteiger partial charge in [0, 0.05) is 26.6 Å². The topological polar surface area (TPSA) is 84.9 Å². The first-order valence-electron chi connectivity index (χ1n) is 7.12. The SMILES string of the molecule is CNC(=O)C1CN(S(=O)(=O)c2cccc3c2OCC3)CCO1. The van der Waals surface area contributed by atoms with Crippen LogP contribution in [0, 0.1) is 0 Å². The molecule has 0 aromatic heterocycles. The number of benzene rings is 1. The largest absolute Gasteiger partial charge is 0.492 e. The highest BCUT2D eigenvalue weighted by molar-refractivity contribution is 7.89. The number of likely N-dealkylation sites (N-methyl/N-ethyl adjacent to an activating group) is 1. The third-order valence-corrected chi connectivity index (χ3v) is 5.75. The van der Waals surface area contributed by atoms with E-state index in [1.807, 2.05) is 6.07 Å². The first kappa shape index (κ1) is 15.3. The van der Waals surface area contributed by atoms with E-state index in [0.29, 0.717) is 18.8 Å². The zero-order valence-electron chi connectivity index (χ0n) is 12.2. The van der Waals surface area contributed by atoms with Crippen LogP contribution in [-0.2, 0) is 26.0 Å². The standard InChI is InChI=1S/C14H18N2O5S/c1-15-14(17)11-9-16(6-8-20-11)22(18,19)12-4-2-3-10-5-7-21-13(10)12/h2-4,11H,5-9H2,1H3,(H,15,17). The summed E-state index contributed by atoms with van der Waals surface area (Å²) in [6.45, 7) is 0.907. The predicted molar refractivity (Wildman–Crippen MR) is 78.2 cm³/mol. The molecule has 1 atom stereocenters. The van der Waals surface area contributed by atoms with Gasteiger partial charge in [-0.05, 0) is 11.6 Å². The van der Waals surface area contributed by atoms with Crippen molar-refractivity contribution >= 4 is 15.9 Å².